The van der Waals surface area contributed by atoms with Gasteiger partial charge >= 0.3 is 0 Å². The van der Waals surface area contributed by atoms with E-state index in [9.17, 15) is 0 Å². The van der Waals surface area contributed by atoms with Crippen LogP contribution in [0.4, 0.5) is 0 Å². The average molecular weight is 170 g/mol. The van der Waals surface area contributed by atoms with Crippen LogP contribution in [0, 0.1) is 0 Å². The third kappa shape index (κ3) is 1.64. The molecule has 12 heavy (non-hydrogen) atoms. The van der Waals surface area contributed by atoms with E-state index in [0.717, 1.165) is 19.4 Å². The summed E-state index contributed by atoms with van der Waals surface area (Å²) in [6, 6.07) is 0. The molecule has 1 spiro atoms. The van der Waals surface area contributed by atoms with Crippen LogP contribution in [-0.2, 0) is 9.47 Å². The van der Waals surface area contributed by atoms with E-state index < -0.39 is 0 Å². The van der Waals surface area contributed by atoms with Crippen LogP contribution in [0.1, 0.15) is 45.4 Å². The number of rotatable bonds is 0. The minimum absolute atomic E-state index is 0.171. The summed E-state index contributed by atoms with van der Waals surface area (Å²) in [6.07, 6.45) is 7.56. The largest absolute Gasteiger partial charge is 0.350 e. The zero-order valence-corrected chi connectivity index (χ0v) is 7.84. The van der Waals surface area contributed by atoms with Crippen molar-refractivity contribution >= 4 is 0 Å². The lowest BCUT2D eigenvalue weighted by Gasteiger charge is -2.42. The lowest BCUT2D eigenvalue weighted by Crippen LogP contribution is -2.44. The van der Waals surface area contributed by atoms with E-state index in [-0.39, 0.29) is 5.79 Å². The molecular formula is C10H18O2. The van der Waals surface area contributed by atoms with Crippen molar-refractivity contribution in [3.05, 3.63) is 0 Å². The van der Waals surface area contributed by atoms with Crippen LogP contribution in [-0.4, -0.2) is 18.5 Å². The van der Waals surface area contributed by atoms with Gasteiger partial charge in [-0.3, -0.25) is 0 Å². The minimum atomic E-state index is -0.171. The molecule has 2 heterocycles. The highest BCUT2D eigenvalue weighted by Crippen LogP contribution is 2.36. The fraction of sp³-hybridized carbons (Fsp3) is 1.00. The van der Waals surface area contributed by atoms with Crippen LogP contribution < -0.4 is 0 Å². The van der Waals surface area contributed by atoms with Crippen molar-refractivity contribution in [2.75, 3.05) is 6.61 Å². The summed E-state index contributed by atoms with van der Waals surface area (Å²) in [5.74, 6) is -0.171. The molecule has 0 aliphatic carbocycles. The van der Waals surface area contributed by atoms with Crippen molar-refractivity contribution < 1.29 is 9.47 Å². The number of hydrogen-bond donors (Lipinski definition) is 0. The highest BCUT2D eigenvalue weighted by Gasteiger charge is 2.38. The molecule has 0 aromatic carbocycles. The Balaban J connectivity index is 1.97. The Bertz CT molecular complexity index is 144. The molecule has 2 aliphatic heterocycles. The van der Waals surface area contributed by atoms with Gasteiger partial charge in [-0.1, -0.05) is 0 Å². The first-order valence-corrected chi connectivity index (χ1v) is 5.13. The molecular weight excluding hydrogens is 152 g/mol. The fourth-order valence-electron chi connectivity index (χ4n) is 2.26. The molecule has 2 aliphatic rings. The summed E-state index contributed by atoms with van der Waals surface area (Å²) in [7, 11) is 0. The van der Waals surface area contributed by atoms with E-state index in [1.54, 1.807) is 0 Å². The van der Waals surface area contributed by atoms with Crippen molar-refractivity contribution in [1.82, 2.24) is 0 Å². The predicted octanol–water partition coefficient (Wildman–Crippen LogP) is 2.47. The van der Waals surface area contributed by atoms with Gasteiger partial charge in [0, 0.05) is 12.8 Å². The lowest BCUT2D eigenvalue weighted by atomic mass is 9.95. The van der Waals surface area contributed by atoms with Gasteiger partial charge in [0.15, 0.2) is 5.79 Å². The summed E-state index contributed by atoms with van der Waals surface area (Å²) in [5.41, 5.74) is 0. The van der Waals surface area contributed by atoms with Gasteiger partial charge in [-0.2, -0.15) is 0 Å². The summed E-state index contributed by atoms with van der Waals surface area (Å²) in [4.78, 5) is 0. The standard InChI is InChI=1S/C10H18O2/c1-9-5-4-7-10(12-9)6-2-3-8-11-10/h9H,2-8H2,1H3/t9-,10+/m1/s1. The fourth-order valence-corrected chi connectivity index (χ4v) is 2.26. The zero-order chi connectivity index (χ0) is 8.44. The summed E-state index contributed by atoms with van der Waals surface area (Å²) >= 11 is 0. The van der Waals surface area contributed by atoms with Crippen LogP contribution in [0.5, 0.6) is 0 Å². The van der Waals surface area contributed by atoms with Crippen molar-refractivity contribution in [1.29, 1.82) is 0 Å². The van der Waals surface area contributed by atoms with Crippen LogP contribution in [0.2, 0.25) is 0 Å². The van der Waals surface area contributed by atoms with E-state index in [1.807, 2.05) is 0 Å². The smallest absolute Gasteiger partial charge is 0.168 e. The Morgan fingerprint density at radius 1 is 1.17 bits per heavy atom. The Labute approximate surface area is 74.2 Å². The molecule has 0 aromatic rings. The van der Waals surface area contributed by atoms with Crippen molar-refractivity contribution in [2.24, 2.45) is 0 Å². The Hall–Kier alpha value is -0.0800. The molecule has 2 atom stereocenters. The van der Waals surface area contributed by atoms with Crippen molar-refractivity contribution in [3.8, 4) is 0 Å². The summed E-state index contributed by atoms with van der Waals surface area (Å²) in [5, 5.41) is 0. The van der Waals surface area contributed by atoms with Gasteiger partial charge in [0.1, 0.15) is 0 Å². The molecule has 2 heteroatoms. The topological polar surface area (TPSA) is 18.5 Å². The Morgan fingerprint density at radius 3 is 2.67 bits per heavy atom. The quantitative estimate of drug-likeness (QED) is 0.556. The summed E-state index contributed by atoms with van der Waals surface area (Å²) < 4.78 is 11.6. The minimum Gasteiger partial charge on any atom is -0.350 e. The number of ether oxygens (including phenoxy) is 2. The van der Waals surface area contributed by atoms with Crippen LogP contribution in [0.25, 0.3) is 0 Å². The van der Waals surface area contributed by atoms with E-state index in [0.29, 0.717) is 6.10 Å². The normalized spacial score (nSPS) is 43.2. The molecule has 70 valence electrons. The van der Waals surface area contributed by atoms with Crippen LogP contribution in [0.15, 0.2) is 0 Å². The van der Waals surface area contributed by atoms with Crippen molar-refractivity contribution in [3.63, 3.8) is 0 Å². The maximum absolute atomic E-state index is 5.89. The van der Waals surface area contributed by atoms with E-state index in [1.165, 1.54) is 25.7 Å². The highest BCUT2D eigenvalue weighted by atomic mass is 16.7. The molecule has 0 bridgehead atoms. The second-order valence-corrected chi connectivity index (χ2v) is 4.04. The highest BCUT2D eigenvalue weighted by molar-refractivity contribution is 4.79. The first-order valence-electron chi connectivity index (χ1n) is 5.13. The predicted molar refractivity (Wildman–Crippen MR) is 46.9 cm³/mol. The molecule has 0 aromatic heterocycles. The Kier molecular flexibility index (Phi) is 2.37. The third-order valence-electron chi connectivity index (χ3n) is 2.90. The second-order valence-electron chi connectivity index (χ2n) is 4.04. The van der Waals surface area contributed by atoms with E-state index in [2.05, 4.69) is 6.92 Å². The lowest BCUT2D eigenvalue weighted by molar-refractivity contribution is -0.291. The van der Waals surface area contributed by atoms with Crippen LogP contribution in [0.3, 0.4) is 0 Å². The zero-order valence-electron chi connectivity index (χ0n) is 7.84. The molecule has 2 saturated heterocycles. The SMILES string of the molecule is C[C@@H]1CCC[C@]2(CCCCO2)O1. The van der Waals surface area contributed by atoms with E-state index in [4.69, 9.17) is 9.47 Å². The van der Waals surface area contributed by atoms with Crippen LogP contribution >= 0.6 is 0 Å². The first kappa shape index (κ1) is 8.52. The molecule has 2 rings (SSSR count). The van der Waals surface area contributed by atoms with Crippen molar-refractivity contribution in [2.45, 2.75) is 57.3 Å². The molecule has 0 radical (unpaired) electrons. The average Bonchev–Trinajstić information content (AvgIpc) is 2.05. The third-order valence-corrected chi connectivity index (χ3v) is 2.90. The molecule has 0 saturated carbocycles. The molecule has 2 fully saturated rings. The molecule has 0 unspecified atom stereocenters. The maximum atomic E-state index is 5.89. The van der Waals surface area contributed by atoms with Gasteiger partial charge in [0.05, 0.1) is 12.7 Å². The molecule has 0 amide bonds. The second kappa shape index (κ2) is 3.35. The van der Waals surface area contributed by atoms with Gasteiger partial charge in [0.2, 0.25) is 0 Å². The first-order chi connectivity index (χ1) is 5.81. The van der Waals surface area contributed by atoms with Gasteiger partial charge in [-0.05, 0) is 32.6 Å². The molecule has 0 N–H and O–H groups in total. The molecule has 2 nitrogen and oxygen atoms in total. The number of hydrogen-bond acceptors (Lipinski definition) is 2. The van der Waals surface area contributed by atoms with Gasteiger partial charge in [-0.15, -0.1) is 0 Å². The van der Waals surface area contributed by atoms with Gasteiger partial charge in [-0.25, -0.2) is 0 Å². The Morgan fingerprint density at radius 2 is 2.00 bits per heavy atom. The van der Waals surface area contributed by atoms with E-state index >= 15 is 0 Å². The monoisotopic (exact) mass is 170 g/mol. The van der Waals surface area contributed by atoms with Gasteiger partial charge < -0.3 is 9.47 Å². The maximum Gasteiger partial charge on any atom is 0.168 e. The summed E-state index contributed by atoms with van der Waals surface area (Å²) in [6.45, 7) is 3.05. The van der Waals surface area contributed by atoms with Gasteiger partial charge in [0.25, 0.3) is 0 Å².